The fraction of sp³-hybridized carbons (Fsp3) is 0.583. The lowest BCUT2D eigenvalue weighted by molar-refractivity contribution is 0.0691. The molecule has 1 aromatic rings. The molecule has 94 valence electrons. The number of nitrogens with zero attached hydrogens (tertiary/aromatic N) is 2. The molecule has 0 aliphatic carbocycles. The van der Waals surface area contributed by atoms with Crippen LogP contribution in [0, 0.1) is 0 Å². The number of anilines is 1. The molecule has 0 radical (unpaired) electrons. The molecule has 1 heterocycles. The smallest absolute Gasteiger partial charge is 0.356 e. The predicted molar refractivity (Wildman–Crippen MR) is 66.5 cm³/mol. The maximum absolute atomic E-state index is 11.1. The largest absolute Gasteiger partial charge is 0.476 e. The van der Waals surface area contributed by atoms with E-state index >= 15 is 0 Å². The first-order chi connectivity index (χ1) is 8.06. The fourth-order valence-electron chi connectivity index (χ4n) is 1.37. The zero-order chi connectivity index (χ0) is 12.8. The molecule has 1 rings (SSSR count). The van der Waals surface area contributed by atoms with Gasteiger partial charge in [-0.05, 0) is 6.42 Å². The summed E-state index contributed by atoms with van der Waals surface area (Å²) in [6, 6.07) is 0. The van der Waals surface area contributed by atoms with Gasteiger partial charge in [0.05, 0.1) is 11.9 Å². The second-order valence-electron chi connectivity index (χ2n) is 4.23. The van der Waals surface area contributed by atoms with E-state index < -0.39 is 5.97 Å². The van der Waals surface area contributed by atoms with Crippen LogP contribution in [0.2, 0.25) is 0 Å². The van der Waals surface area contributed by atoms with E-state index in [0.29, 0.717) is 11.5 Å². The number of carboxylic acids is 1. The van der Waals surface area contributed by atoms with E-state index in [4.69, 9.17) is 5.11 Å². The van der Waals surface area contributed by atoms with Gasteiger partial charge in [0.1, 0.15) is 5.82 Å². The van der Waals surface area contributed by atoms with Crippen LogP contribution >= 0.6 is 0 Å². The number of nitrogens with one attached hydrogen (secondary N) is 1. The molecule has 0 saturated carbocycles. The third kappa shape index (κ3) is 3.69. The van der Waals surface area contributed by atoms with Gasteiger partial charge in [0.2, 0.25) is 0 Å². The van der Waals surface area contributed by atoms with Crippen molar-refractivity contribution in [2.45, 2.75) is 39.5 Å². The van der Waals surface area contributed by atoms with Crippen molar-refractivity contribution in [2.24, 2.45) is 0 Å². The molecular weight excluding hydrogens is 218 g/mol. The van der Waals surface area contributed by atoms with E-state index in [9.17, 15) is 4.79 Å². The van der Waals surface area contributed by atoms with Crippen LogP contribution in [0.4, 0.5) is 5.69 Å². The molecule has 5 heteroatoms. The van der Waals surface area contributed by atoms with E-state index in [1.54, 1.807) is 6.20 Å². The SMILES string of the molecule is CCCCNc1cnc(C(C)C)nc1C(=O)O. The molecular formula is C12H19N3O2. The number of rotatable bonds is 6. The highest BCUT2D eigenvalue weighted by molar-refractivity contribution is 5.91. The minimum absolute atomic E-state index is 0.0554. The predicted octanol–water partition coefficient (Wildman–Crippen LogP) is 2.51. The molecule has 0 aliphatic rings. The topological polar surface area (TPSA) is 75.1 Å². The van der Waals surface area contributed by atoms with Crippen molar-refractivity contribution < 1.29 is 9.90 Å². The van der Waals surface area contributed by atoms with Crippen LogP contribution in [0.15, 0.2) is 6.20 Å². The molecule has 0 unspecified atom stereocenters. The van der Waals surface area contributed by atoms with Gasteiger partial charge in [-0.15, -0.1) is 0 Å². The average molecular weight is 237 g/mol. The lowest BCUT2D eigenvalue weighted by Gasteiger charge is -2.10. The maximum atomic E-state index is 11.1. The van der Waals surface area contributed by atoms with Crippen LogP contribution in [0.25, 0.3) is 0 Å². The van der Waals surface area contributed by atoms with E-state index in [2.05, 4.69) is 22.2 Å². The molecule has 0 amide bonds. The summed E-state index contributed by atoms with van der Waals surface area (Å²) in [6.07, 6.45) is 3.60. The Morgan fingerprint density at radius 1 is 1.53 bits per heavy atom. The van der Waals surface area contributed by atoms with Crippen LogP contribution in [-0.2, 0) is 0 Å². The maximum Gasteiger partial charge on any atom is 0.356 e. The zero-order valence-electron chi connectivity index (χ0n) is 10.5. The van der Waals surface area contributed by atoms with Crippen LogP contribution in [0.1, 0.15) is 55.8 Å². The minimum atomic E-state index is -1.02. The van der Waals surface area contributed by atoms with E-state index in [0.717, 1.165) is 19.4 Å². The Labute approximate surface area is 101 Å². The molecule has 1 aromatic heterocycles. The molecule has 17 heavy (non-hydrogen) atoms. The Morgan fingerprint density at radius 3 is 2.76 bits per heavy atom. The highest BCUT2D eigenvalue weighted by atomic mass is 16.4. The highest BCUT2D eigenvalue weighted by Crippen LogP contribution is 2.16. The summed E-state index contributed by atoms with van der Waals surface area (Å²) in [4.78, 5) is 19.3. The molecule has 0 fully saturated rings. The summed E-state index contributed by atoms with van der Waals surface area (Å²) in [5.41, 5.74) is 0.551. The van der Waals surface area contributed by atoms with Crippen molar-refractivity contribution in [3.63, 3.8) is 0 Å². The van der Waals surface area contributed by atoms with Crippen LogP contribution < -0.4 is 5.32 Å². The molecule has 0 saturated heterocycles. The molecule has 0 aromatic carbocycles. The van der Waals surface area contributed by atoms with E-state index in [1.165, 1.54) is 0 Å². The first-order valence-electron chi connectivity index (χ1n) is 5.90. The number of hydrogen-bond donors (Lipinski definition) is 2. The number of carbonyl (C=O) groups is 1. The van der Waals surface area contributed by atoms with Crippen LogP contribution in [0.3, 0.4) is 0 Å². The summed E-state index contributed by atoms with van der Waals surface area (Å²) in [5.74, 6) is -0.338. The summed E-state index contributed by atoms with van der Waals surface area (Å²) in [5, 5.41) is 12.2. The standard InChI is InChI=1S/C12H19N3O2/c1-4-5-6-13-9-7-14-11(8(2)3)15-10(9)12(16)17/h7-8,13H,4-6H2,1-3H3,(H,16,17). The quantitative estimate of drug-likeness (QED) is 0.743. The molecule has 0 spiro atoms. The number of unbranched alkanes of at least 4 members (excludes halogenated alkanes) is 1. The molecule has 0 aliphatic heterocycles. The summed E-state index contributed by atoms with van der Waals surface area (Å²) < 4.78 is 0. The van der Waals surface area contributed by atoms with Gasteiger partial charge in [0, 0.05) is 12.5 Å². The summed E-state index contributed by atoms with van der Waals surface area (Å²) in [7, 11) is 0. The van der Waals surface area contributed by atoms with Crippen LogP contribution in [-0.4, -0.2) is 27.6 Å². The molecule has 0 bridgehead atoms. The number of carboxylic acid groups (broad SMARTS) is 1. The Morgan fingerprint density at radius 2 is 2.24 bits per heavy atom. The van der Waals surface area contributed by atoms with Crippen molar-refractivity contribution in [3.8, 4) is 0 Å². The summed E-state index contributed by atoms with van der Waals surface area (Å²) >= 11 is 0. The Bertz CT molecular complexity index is 391. The second kappa shape index (κ2) is 6.18. The molecule has 5 nitrogen and oxygen atoms in total. The molecule has 0 atom stereocenters. The van der Waals surface area contributed by atoms with Crippen molar-refractivity contribution in [2.75, 3.05) is 11.9 Å². The Kier molecular flexibility index (Phi) is 4.87. The van der Waals surface area contributed by atoms with Gasteiger partial charge in [0.25, 0.3) is 0 Å². The normalized spacial score (nSPS) is 10.6. The van der Waals surface area contributed by atoms with Gasteiger partial charge in [-0.3, -0.25) is 0 Å². The van der Waals surface area contributed by atoms with Crippen molar-refractivity contribution in [3.05, 3.63) is 17.7 Å². The van der Waals surface area contributed by atoms with Crippen LogP contribution in [0.5, 0.6) is 0 Å². The van der Waals surface area contributed by atoms with E-state index in [-0.39, 0.29) is 11.6 Å². The average Bonchev–Trinajstić information content (AvgIpc) is 2.29. The van der Waals surface area contributed by atoms with Gasteiger partial charge in [0.15, 0.2) is 5.69 Å². The first-order valence-corrected chi connectivity index (χ1v) is 5.90. The second-order valence-corrected chi connectivity index (χ2v) is 4.23. The van der Waals surface area contributed by atoms with Gasteiger partial charge in [-0.2, -0.15) is 0 Å². The van der Waals surface area contributed by atoms with Gasteiger partial charge in [-0.1, -0.05) is 27.2 Å². The first kappa shape index (κ1) is 13.4. The number of aromatic nitrogens is 2. The minimum Gasteiger partial charge on any atom is -0.476 e. The van der Waals surface area contributed by atoms with Crippen molar-refractivity contribution in [1.82, 2.24) is 9.97 Å². The zero-order valence-corrected chi connectivity index (χ0v) is 10.5. The van der Waals surface area contributed by atoms with Crippen molar-refractivity contribution >= 4 is 11.7 Å². The monoisotopic (exact) mass is 237 g/mol. The third-order valence-corrected chi connectivity index (χ3v) is 2.37. The van der Waals surface area contributed by atoms with Gasteiger partial charge in [-0.25, -0.2) is 14.8 Å². The van der Waals surface area contributed by atoms with Crippen molar-refractivity contribution in [1.29, 1.82) is 0 Å². The fourth-order valence-corrected chi connectivity index (χ4v) is 1.37. The highest BCUT2D eigenvalue weighted by Gasteiger charge is 2.15. The number of hydrogen-bond acceptors (Lipinski definition) is 4. The third-order valence-electron chi connectivity index (χ3n) is 2.37. The Hall–Kier alpha value is -1.65. The molecule has 2 N–H and O–H groups in total. The summed E-state index contributed by atoms with van der Waals surface area (Å²) in [6.45, 7) is 6.69. The lowest BCUT2D eigenvalue weighted by Crippen LogP contribution is -2.12. The van der Waals surface area contributed by atoms with Gasteiger partial charge < -0.3 is 10.4 Å². The Balaban J connectivity index is 2.92. The van der Waals surface area contributed by atoms with E-state index in [1.807, 2.05) is 13.8 Å². The van der Waals surface area contributed by atoms with Gasteiger partial charge >= 0.3 is 5.97 Å². The lowest BCUT2D eigenvalue weighted by atomic mass is 10.2. The number of aromatic carboxylic acids is 1.